The van der Waals surface area contributed by atoms with Crippen molar-refractivity contribution in [3.63, 3.8) is 0 Å². The van der Waals surface area contributed by atoms with E-state index in [0.717, 1.165) is 0 Å². The predicted octanol–water partition coefficient (Wildman–Crippen LogP) is 3.05. The van der Waals surface area contributed by atoms with Gasteiger partial charge >= 0.3 is 0 Å². The Morgan fingerprint density at radius 2 is 2.06 bits per heavy atom. The molecule has 18 heavy (non-hydrogen) atoms. The second kappa shape index (κ2) is 4.23. The highest BCUT2D eigenvalue weighted by atomic mass is 19.1. The molecule has 1 unspecified atom stereocenters. The van der Waals surface area contributed by atoms with Gasteiger partial charge in [-0.25, -0.2) is 4.39 Å². The van der Waals surface area contributed by atoms with Crippen molar-refractivity contribution in [2.75, 3.05) is 0 Å². The third-order valence-electron chi connectivity index (χ3n) is 2.75. The molecule has 3 nitrogen and oxygen atoms in total. The third-order valence-corrected chi connectivity index (χ3v) is 2.75. The molecule has 1 atom stereocenters. The Bertz CT molecular complexity index is 679. The van der Waals surface area contributed by atoms with Gasteiger partial charge in [-0.1, -0.05) is 18.2 Å². The minimum Gasteiger partial charge on any atom is -0.455 e. The summed E-state index contributed by atoms with van der Waals surface area (Å²) in [5, 5.41) is 10.7. The molecule has 2 heterocycles. The van der Waals surface area contributed by atoms with Gasteiger partial charge in [-0.3, -0.25) is 4.98 Å². The maximum absolute atomic E-state index is 13.5. The predicted molar refractivity (Wildman–Crippen MR) is 64.5 cm³/mol. The number of pyridine rings is 1. The van der Waals surface area contributed by atoms with E-state index >= 15 is 0 Å². The molecule has 3 rings (SSSR count). The number of aliphatic hydroxyl groups is 1. The minimum atomic E-state index is -0.988. The molecule has 0 saturated carbocycles. The maximum atomic E-state index is 13.5. The molecule has 0 amide bonds. The van der Waals surface area contributed by atoms with Crippen LogP contribution in [0.15, 0.2) is 53.1 Å². The average molecular weight is 243 g/mol. The first-order valence-corrected chi connectivity index (χ1v) is 5.52. The van der Waals surface area contributed by atoms with E-state index in [0.29, 0.717) is 11.1 Å². The maximum Gasteiger partial charge on any atom is 0.170 e. The summed E-state index contributed by atoms with van der Waals surface area (Å²) in [7, 11) is 0. The van der Waals surface area contributed by atoms with Crippen LogP contribution >= 0.6 is 0 Å². The van der Waals surface area contributed by atoms with Crippen molar-refractivity contribution in [2.24, 2.45) is 0 Å². The summed E-state index contributed by atoms with van der Waals surface area (Å²) in [6.45, 7) is 0. The number of fused-ring (bicyclic) bond motifs is 1. The molecule has 90 valence electrons. The lowest BCUT2D eigenvalue weighted by Crippen LogP contribution is -1.99. The first kappa shape index (κ1) is 10.9. The molecule has 3 aromatic rings. The topological polar surface area (TPSA) is 46.3 Å². The Morgan fingerprint density at radius 3 is 2.78 bits per heavy atom. The van der Waals surface area contributed by atoms with E-state index in [1.807, 2.05) is 0 Å². The van der Waals surface area contributed by atoms with Crippen molar-refractivity contribution >= 4 is 11.0 Å². The van der Waals surface area contributed by atoms with Crippen LogP contribution in [0, 0.1) is 5.82 Å². The first-order valence-electron chi connectivity index (χ1n) is 5.52. The zero-order chi connectivity index (χ0) is 12.5. The van der Waals surface area contributed by atoms with Gasteiger partial charge in [0, 0.05) is 11.6 Å². The van der Waals surface area contributed by atoms with Gasteiger partial charge in [-0.15, -0.1) is 0 Å². The van der Waals surface area contributed by atoms with Gasteiger partial charge in [0.1, 0.15) is 5.76 Å². The van der Waals surface area contributed by atoms with Crippen LogP contribution in [-0.4, -0.2) is 10.1 Å². The molecular weight excluding hydrogens is 233 g/mol. The molecule has 1 N–H and O–H groups in total. The lowest BCUT2D eigenvalue weighted by molar-refractivity contribution is 0.187. The first-order chi connectivity index (χ1) is 8.75. The summed E-state index contributed by atoms with van der Waals surface area (Å²) in [6, 6.07) is 11.5. The van der Waals surface area contributed by atoms with Crippen LogP contribution in [0.25, 0.3) is 11.0 Å². The summed E-state index contributed by atoms with van der Waals surface area (Å²) in [4.78, 5) is 4.04. The SMILES string of the molecule is OC(c1ccccn1)c1cc2cccc(F)c2o1. The smallest absolute Gasteiger partial charge is 0.170 e. The highest BCUT2D eigenvalue weighted by Crippen LogP contribution is 2.28. The van der Waals surface area contributed by atoms with Crippen molar-refractivity contribution in [3.8, 4) is 0 Å². The van der Waals surface area contributed by atoms with Crippen molar-refractivity contribution < 1.29 is 13.9 Å². The molecule has 0 fully saturated rings. The van der Waals surface area contributed by atoms with Gasteiger partial charge in [-0.05, 0) is 24.3 Å². The van der Waals surface area contributed by atoms with E-state index in [1.54, 1.807) is 42.6 Å². The van der Waals surface area contributed by atoms with E-state index < -0.39 is 11.9 Å². The Balaban J connectivity index is 2.07. The molecule has 2 aromatic heterocycles. The van der Waals surface area contributed by atoms with Crippen LogP contribution in [-0.2, 0) is 0 Å². The van der Waals surface area contributed by atoms with Gasteiger partial charge in [-0.2, -0.15) is 0 Å². The average Bonchev–Trinajstić information content (AvgIpc) is 2.84. The Labute approximate surface area is 103 Å². The number of benzene rings is 1. The normalized spacial score (nSPS) is 12.8. The Hall–Kier alpha value is -2.20. The molecule has 1 aromatic carbocycles. The summed E-state index contributed by atoms with van der Waals surface area (Å²) < 4.78 is 18.8. The Kier molecular flexibility index (Phi) is 2.57. The summed E-state index contributed by atoms with van der Waals surface area (Å²) in [5.41, 5.74) is 0.624. The van der Waals surface area contributed by atoms with E-state index in [2.05, 4.69) is 4.98 Å². The molecule has 0 radical (unpaired) electrons. The molecular formula is C14H10FNO2. The minimum absolute atomic E-state index is 0.155. The van der Waals surface area contributed by atoms with Crippen LogP contribution in [0.2, 0.25) is 0 Å². The van der Waals surface area contributed by atoms with Gasteiger partial charge in [0.2, 0.25) is 0 Å². The van der Waals surface area contributed by atoms with Crippen LogP contribution in [0.1, 0.15) is 17.6 Å². The molecule has 0 saturated heterocycles. The van der Waals surface area contributed by atoms with Crippen molar-refractivity contribution in [1.29, 1.82) is 0 Å². The molecule has 0 aliphatic carbocycles. The third kappa shape index (κ3) is 1.76. The number of hydrogen-bond acceptors (Lipinski definition) is 3. The fourth-order valence-corrected chi connectivity index (χ4v) is 1.87. The number of aromatic nitrogens is 1. The van der Waals surface area contributed by atoms with E-state index in [9.17, 15) is 9.50 Å². The number of aliphatic hydroxyl groups excluding tert-OH is 1. The molecule has 0 aliphatic rings. The number of para-hydroxylation sites is 1. The van der Waals surface area contributed by atoms with Crippen LogP contribution < -0.4 is 0 Å². The number of furan rings is 1. The molecule has 0 aliphatic heterocycles. The summed E-state index contributed by atoms with van der Waals surface area (Å²) in [6.07, 6.45) is 0.597. The Morgan fingerprint density at radius 1 is 1.17 bits per heavy atom. The quantitative estimate of drug-likeness (QED) is 0.752. The van der Waals surface area contributed by atoms with E-state index in [1.165, 1.54) is 6.07 Å². The number of nitrogens with zero attached hydrogens (tertiary/aromatic N) is 1. The van der Waals surface area contributed by atoms with E-state index in [-0.39, 0.29) is 11.3 Å². The lowest BCUT2D eigenvalue weighted by atomic mass is 10.1. The van der Waals surface area contributed by atoms with Crippen molar-refractivity contribution in [2.45, 2.75) is 6.10 Å². The number of rotatable bonds is 2. The van der Waals surface area contributed by atoms with E-state index in [4.69, 9.17) is 4.42 Å². The number of hydrogen-bond donors (Lipinski definition) is 1. The monoisotopic (exact) mass is 243 g/mol. The van der Waals surface area contributed by atoms with Gasteiger partial charge in [0.25, 0.3) is 0 Å². The second-order valence-corrected chi connectivity index (χ2v) is 3.96. The van der Waals surface area contributed by atoms with Crippen molar-refractivity contribution in [1.82, 2.24) is 4.98 Å². The van der Waals surface area contributed by atoms with Crippen LogP contribution in [0.5, 0.6) is 0 Å². The fraction of sp³-hybridized carbons (Fsp3) is 0.0714. The number of halogens is 1. The molecule has 0 spiro atoms. The summed E-state index contributed by atoms with van der Waals surface area (Å²) in [5.74, 6) is -0.152. The van der Waals surface area contributed by atoms with Crippen molar-refractivity contribution in [3.05, 3.63) is 65.9 Å². The fourth-order valence-electron chi connectivity index (χ4n) is 1.87. The van der Waals surface area contributed by atoms with Gasteiger partial charge < -0.3 is 9.52 Å². The summed E-state index contributed by atoms with van der Waals surface area (Å²) >= 11 is 0. The highest BCUT2D eigenvalue weighted by Gasteiger charge is 2.17. The molecule has 0 bridgehead atoms. The van der Waals surface area contributed by atoms with Crippen LogP contribution in [0.4, 0.5) is 4.39 Å². The van der Waals surface area contributed by atoms with Gasteiger partial charge in [0.15, 0.2) is 17.5 Å². The highest BCUT2D eigenvalue weighted by molar-refractivity contribution is 5.78. The largest absolute Gasteiger partial charge is 0.455 e. The van der Waals surface area contributed by atoms with Gasteiger partial charge in [0.05, 0.1) is 5.69 Å². The molecule has 4 heteroatoms. The van der Waals surface area contributed by atoms with Crippen LogP contribution in [0.3, 0.4) is 0 Å². The standard InChI is InChI=1S/C14H10FNO2/c15-10-5-3-4-9-8-12(18-14(9)10)13(17)11-6-1-2-7-16-11/h1-8,13,17H. The lowest BCUT2D eigenvalue weighted by Gasteiger charge is -2.05. The zero-order valence-corrected chi connectivity index (χ0v) is 9.38. The zero-order valence-electron chi connectivity index (χ0n) is 9.38. The second-order valence-electron chi connectivity index (χ2n) is 3.96.